The summed E-state index contributed by atoms with van der Waals surface area (Å²) in [5.41, 5.74) is 2.25. The number of rotatable bonds is 10. The molecule has 3 aromatic rings. The average molecular weight is 520 g/mol. The number of methoxy groups -OCH3 is 3. The number of piperidine rings is 2. The number of hydrogen-bond donors (Lipinski definition) is 1. The SMILES string of the molecule is COCCC1CCN(c2nc(NC3CCN(Cc4ccccc4)CC3)c3cc(OC)c(OC)cc3n2)CC1. The van der Waals surface area contributed by atoms with E-state index >= 15 is 0 Å². The van der Waals surface area contributed by atoms with E-state index in [1.54, 1.807) is 21.3 Å². The minimum atomic E-state index is 0.362. The van der Waals surface area contributed by atoms with Crippen molar-refractivity contribution < 1.29 is 14.2 Å². The first-order valence-corrected chi connectivity index (χ1v) is 13.9. The Balaban J connectivity index is 1.34. The van der Waals surface area contributed by atoms with Gasteiger partial charge in [-0.25, -0.2) is 4.98 Å². The fourth-order valence-electron chi connectivity index (χ4n) is 5.67. The third kappa shape index (κ3) is 6.30. The Labute approximate surface area is 226 Å². The fraction of sp³-hybridized carbons (Fsp3) is 0.533. The van der Waals surface area contributed by atoms with Crippen LogP contribution in [0.15, 0.2) is 42.5 Å². The van der Waals surface area contributed by atoms with E-state index in [-0.39, 0.29) is 0 Å². The summed E-state index contributed by atoms with van der Waals surface area (Å²) in [5.74, 6) is 3.75. The van der Waals surface area contributed by atoms with Crippen LogP contribution in [0, 0.1) is 5.92 Å². The highest BCUT2D eigenvalue weighted by molar-refractivity contribution is 5.93. The molecule has 3 heterocycles. The highest BCUT2D eigenvalue weighted by atomic mass is 16.5. The van der Waals surface area contributed by atoms with Crippen LogP contribution in [0.25, 0.3) is 10.9 Å². The molecule has 204 valence electrons. The Kier molecular flexibility index (Phi) is 8.81. The van der Waals surface area contributed by atoms with E-state index in [0.29, 0.717) is 23.5 Å². The molecule has 2 fully saturated rings. The molecule has 0 amide bonds. The molecule has 8 heteroatoms. The number of likely N-dealkylation sites (tertiary alicyclic amines) is 1. The third-order valence-corrected chi connectivity index (χ3v) is 7.99. The van der Waals surface area contributed by atoms with Gasteiger partial charge in [0.25, 0.3) is 0 Å². The second-order valence-corrected chi connectivity index (χ2v) is 10.5. The molecule has 2 aliphatic heterocycles. The first-order valence-electron chi connectivity index (χ1n) is 13.9. The summed E-state index contributed by atoms with van der Waals surface area (Å²) in [6.07, 6.45) is 5.55. The van der Waals surface area contributed by atoms with Crippen LogP contribution in [0.4, 0.5) is 11.8 Å². The summed E-state index contributed by atoms with van der Waals surface area (Å²) < 4.78 is 16.5. The molecular weight excluding hydrogens is 478 g/mol. The molecule has 2 aromatic carbocycles. The van der Waals surface area contributed by atoms with E-state index in [0.717, 1.165) is 94.1 Å². The van der Waals surface area contributed by atoms with Crippen LogP contribution in [-0.4, -0.2) is 75.0 Å². The zero-order chi connectivity index (χ0) is 26.3. The molecule has 0 spiro atoms. The van der Waals surface area contributed by atoms with Crippen molar-refractivity contribution in [2.24, 2.45) is 5.92 Å². The Morgan fingerprint density at radius 3 is 2.26 bits per heavy atom. The van der Waals surface area contributed by atoms with Crippen molar-refractivity contribution in [3.05, 3.63) is 48.0 Å². The topological polar surface area (TPSA) is 72.0 Å². The van der Waals surface area contributed by atoms with Crippen molar-refractivity contribution in [1.82, 2.24) is 14.9 Å². The van der Waals surface area contributed by atoms with Gasteiger partial charge in [0, 0.05) is 63.9 Å². The van der Waals surface area contributed by atoms with Crippen molar-refractivity contribution >= 4 is 22.7 Å². The van der Waals surface area contributed by atoms with Gasteiger partial charge >= 0.3 is 0 Å². The highest BCUT2D eigenvalue weighted by Gasteiger charge is 2.25. The summed E-state index contributed by atoms with van der Waals surface area (Å²) in [5, 5.41) is 4.76. The van der Waals surface area contributed by atoms with Crippen LogP contribution < -0.4 is 19.7 Å². The molecule has 1 N–H and O–H groups in total. The molecule has 0 atom stereocenters. The van der Waals surface area contributed by atoms with Crippen molar-refractivity contribution in [2.75, 3.05) is 64.3 Å². The third-order valence-electron chi connectivity index (χ3n) is 7.99. The van der Waals surface area contributed by atoms with Crippen LogP contribution in [0.1, 0.15) is 37.7 Å². The van der Waals surface area contributed by atoms with Gasteiger partial charge in [0.05, 0.1) is 19.7 Å². The molecule has 0 saturated carbocycles. The largest absolute Gasteiger partial charge is 0.493 e. The summed E-state index contributed by atoms with van der Waals surface area (Å²) in [6.45, 7) is 5.89. The number of hydrogen-bond acceptors (Lipinski definition) is 8. The summed E-state index contributed by atoms with van der Waals surface area (Å²) in [6, 6.07) is 15.1. The van der Waals surface area contributed by atoms with Crippen molar-refractivity contribution in [2.45, 2.75) is 44.7 Å². The van der Waals surface area contributed by atoms with Crippen LogP contribution in [0.2, 0.25) is 0 Å². The highest BCUT2D eigenvalue weighted by Crippen LogP contribution is 2.36. The molecule has 1 aromatic heterocycles. The molecule has 0 radical (unpaired) electrons. The number of nitrogens with one attached hydrogen (secondary N) is 1. The molecule has 0 aliphatic carbocycles. The molecule has 2 aliphatic rings. The molecule has 5 rings (SSSR count). The van der Waals surface area contributed by atoms with Gasteiger partial charge in [-0.3, -0.25) is 4.90 Å². The maximum atomic E-state index is 5.61. The van der Waals surface area contributed by atoms with Crippen LogP contribution in [0.5, 0.6) is 11.5 Å². The molecule has 2 saturated heterocycles. The lowest BCUT2D eigenvalue weighted by atomic mass is 9.94. The minimum Gasteiger partial charge on any atom is -0.493 e. The lowest BCUT2D eigenvalue weighted by molar-refractivity contribution is 0.170. The molecule has 0 bridgehead atoms. The zero-order valence-electron chi connectivity index (χ0n) is 23.0. The van der Waals surface area contributed by atoms with E-state index in [2.05, 4.69) is 45.4 Å². The van der Waals surface area contributed by atoms with Crippen molar-refractivity contribution in [3.8, 4) is 11.5 Å². The van der Waals surface area contributed by atoms with E-state index in [1.807, 2.05) is 12.1 Å². The fourth-order valence-corrected chi connectivity index (χ4v) is 5.67. The van der Waals surface area contributed by atoms with E-state index in [1.165, 1.54) is 5.56 Å². The van der Waals surface area contributed by atoms with E-state index in [9.17, 15) is 0 Å². The summed E-state index contributed by atoms with van der Waals surface area (Å²) in [4.78, 5) is 14.9. The van der Waals surface area contributed by atoms with Crippen LogP contribution in [0.3, 0.4) is 0 Å². The monoisotopic (exact) mass is 519 g/mol. The standard InChI is InChI=1S/C30H41N5O3/c1-36-18-13-22-9-16-35(17-10-22)30-32-26-20-28(38-3)27(37-2)19-25(26)29(33-30)31-24-11-14-34(15-12-24)21-23-7-5-4-6-8-23/h4-8,19-20,22,24H,9-18,21H2,1-3H3,(H,31,32,33). The van der Waals surface area contributed by atoms with Crippen molar-refractivity contribution in [3.63, 3.8) is 0 Å². The number of anilines is 2. The first kappa shape index (κ1) is 26.5. The predicted octanol–water partition coefficient (Wildman–Crippen LogP) is 4.98. The van der Waals surface area contributed by atoms with Gasteiger partial charge in [-0.05, 0) is 49.7 Å². The number of nitrogens with zero attached hydrogens (tertiary/aromatic N) is 4. The number of ether oxygens (including phenoxy) is 3. The predicted molar refractivity (Wildman–Crippen MR) is 152 cm³/mol. The molecular formula is C30H41N5O3. The second-order valence-electron chi connectivity index (χ2n) is 10.5. The normalized spacial score (nSPS) is 17.6. The maximum absolute atomic E-state index is 5.61. The van der Waals surface area contributed by atoms with E-state index in [4.69, 9.17) is 24.2 Å². The number of benzene rings is 2. The van der Waals surface area contributed by atoms with Gasteiger partial charge < -0.3 is 24.4 Å². The molecule has 38 heavy (non-hydrogen) atoms. The Hall–Kier alpha value is -3.10. The average Bonchev–Trinajstić information content (AvgIpc) is 2.97. The van der Waals surface area contributed by atoms with Gasteiger partial charge in [-0.1, -0.05) is 30.3 Å². The maximum Gasteiger partial charge on any atom is 0.227 e. The van der Waals surface area contributed by atoms with Gasteiger partial charge in [0.2, 0.25) is 5.95 Å². The second kappa shape index (κ2) is 12.6. The number of aromatic nitrogens is 2. The lowest BCUT2D eigenvalue weighted by Gasteiger charge is -2.34. The van der Waals surface area contributed by atoms with Crippen molar-refractivity contribution in [1.29, 1.82) is 0 Å². The number of fused-ring (bicyclic) bond motifs is 1. The van der Waals surface area contributed by atoms with Crippen LogP contribution in [-0.2, 0) is 11.3 Å². The smallest absolute Gasteiger partial charge is 0.227 e. The Morgan fingerprint density at radius 1 is 0.868 bits per heavy atom. The van der Waals surface area contributed by atoms with Gasteiger partial charge in [-0.2, -0.15) is 4.98 Å². The molecule has 0 unspecified atom stereocenters. The quantitative estimate of drug-likeness (QED) is 0.402. The summed E-state index contributed by atoms with van der Waals surface area (Å²) in [7, 11) is 5.12. The van der Waals surface area contributed by atoms with Gasteiger partial charge in [-0.15, -0.1) is 0 Å². The summed E-state index contributed by atoms with van der Waals surface area (Å²) >= 11 is 0. The lowest BCUT2D eigenvalue weighted by Crippen LogP contribution is -2.39. The van der Waals surface area contributed by atoms with Gasteiger partial charge in [0.15, 0.2) is 11.5 Å². The van der Waals surface area contributed by atoms with Gasteiger partial charge in [0.1, 0.15) is 5.82 Å². The first-order chi connectivity index (χ1) is 18.7. The molecule has 8 nitrogen and oxygen atoms in total. The zero-order valence-corrected chi connectivity index (χ0v) is 23.0. The minimum absolute atomic E-state index is 0.362. The Bertz CT molecular complexity index is 1180. The van der Waals surface area contributed by atoms with E-state index < -0.39 is 0 Å². The Morgan fingerprint density at radius 2 is 1.58 bits per heavy atom. The van der Waals surface area contributed by atoms with Crippen LogP contribution >= 0.6 is 0 Å².